The Morgan fingerprint density at radius 2 is 2.27 bits per heavy atom. The molecule has 0 aromatic rings. The van der Waals surface area contributed by atoms with Gasteiger partial charge >= 0.3 is 0 Å². The summed E-state index contributed by atoms with van der Waals surface area (Å²) in [7, 11) is 0. The summed E-state index contributed by atoms with van der Waals surface area (Å²) < 4.78 is 0. The van der Waals surface area contributed by atoms with E-state index in [0.717, 1.165) is 0 Å². The van der Waals surface area contributed by atoms with Crippen LogP contribution in [0.3, 0.4) is 0 Å². The number of aliphatic hydroxyl groups excluding tert-OH is 1. The average molecular weight is 158 g/mol. The molecular weight excluding hydrogens is 144 g/mol. The highest BCUT2D eigenvalue weighted by molar-refractivity contribution is 5.79. The highest BCUT2D eigenvalue weighted by Gasteiger charge is 2.39. The van der Waals surface area contributed by atoms with Crippen molar-refractivity contribution in [2.75, 3.05) is 26.2 Å². The van der Waals surface area contributed by atoms with Crippen molar-refractivity contribution < 1.29 is 9.90 Å². The Hall–Kier alpha value is -0.610. The van der Waals surface area contributed by atoms with E-state index in [2.05, 4.69) is 0 Å². The van der Waals surface area contributed by atoms with Gasteiger partial charge in [-0.3, -0.25) is 4.79 Å². The molecule has 0 spiro atoms. The van der Waals surface area contributed by atoms with Crippen molar-refractivity contribution in [2.45, 2.75) is 6.92 Å². The second kappa shape index (κ2) is 2.79. The lowest BCUT2D eigenvalue weighted by Gasteiger charge is -2.46. The Bertz CT molecular complexity index is 164. The fourth-order valence-corrected chi connectivity index (χ4v) is 1.28. The lowest BCUT2D eigenvalue weighted by Crippen LogP contribution is -2.59. The van der Waals surface area contributed by atoms with Crippen LogP contribution < -0.4 is 5.73 Å². The summed E-state index contributed by atoms with van der Waals surface area (Å²) in [4.78, 5) is 12.6. The van der Waals surface area contributed by atoms with Gasteiger partial charge in [0.1, 0.15) is 0 Å². The zero-order valence-corrected chi connectivity index (χ0v) is 6.71. The maximum atomic E-state index is 10.9. The molecule has 0 radical (unpaired) electrons. The third-order valence-electron chi connectivity index (χ3n) is 2.05. The molecule has 4 heteroatoms. The van der Waals surface area contributed by atoms with Crippen LogP contribution in [0.1, 0.15) is 6.92 Å². The minimum Gasteiger partial charge on any atom is -0.396 e. The largest absolute Gasteiger partial charge is 0.396 e. The van der Waals surface area contributed by atoms with Crippen molar-refractivity contribution in [1.82, 2.24) is 4.90 Å². The van der Waals surface area contributed by atoms with Gasteiger partial charge in [-0.1, -0.05) is 6.92 Å². The Morgan fingerprint density at radius 1 is 1.73 bits per heavy atom. The van der Waals surface area contributed by atoms with Crippen molar-refractivity contribution in [3.8, 4) is 0 Å². The number of amides is 1. The minimum absolute atomic E-state index is 0.0316. The van der Waals surface area contributed by atoms with Gasteiger partial charge in [-0.25, -0.2) is 0 Å². The molecule has 11 heavy (non-hydrogen) atoms. The molecule has 1 fully saturated rings. The lowest BCUT2D eigenvalue weighted by molar-refractivity contribution is -0.143. The number of carbonyl (C=O) groups is 1. The van der Waals surface area contributed by atoms with Gasteiger partial charge in [0.25, 0.3) is 0 Å². The van der Waals surface area contributed by atoms with Gasteiger partial charge in [-0.2, -0.15) is 0 Å². The molecule has 0 aliphatic carbocycles. The molecule has 1 aliphatic rings. The summed E-state index contributed by atoms with van der Waals surface area (Å²) >= 11 is 0. The Balaban J connectivity index is 2.34. The first-order chi connectivity index (χ1) is 5.11. The number of carbonyl (C=O) groups excluding carboxylic acids is 1. The van der Waals surface area contributed by atoms with E-state index in [1.807, 2.05) is 6.92 Å². The van der Waals surface area contributed by atoms with Gasteiger partial charge in [0.2, 0.25) is 5.91 Å². The third kappa shape index (κ3) is 1.52. The maximum Gasteiger partial charge on any atom is 0.236 e. The standard InChI is InChI=1S/C7H14N2O2/c1-7(5-10)3-9(4-7)6(11)2-8/h10H,2-5,8H2,1H3. The summed E-state index contributed by atoms with van der Waals surface area (Å²) in [5, 5.41) is 8.85. The number of hydrogen-bond donors (Lipinski definition) is 2. The maximum absolute atomic E-state index is 10.9. The van der Waals surface area contributed by atoms with Crippen LogP contribution in [0.4, 0.5) is 0 Å². The summed E-state index contributed by atoms with van der Waals surface area (Å²) in [6, 6.07) is 0. The summed E-state index contributed by atoms with van der Waals surface area (Å²) in [5.41, 5.74) is 5.08. The predicted octanol–water partition coefficient (Wildman–Crippen LogP) is -1.21. The van der Waals surface area contributed by atoms with E-state index >= 15 is 0 Å². The number of rotatable bonds is 2. The summed E-state index contributed by atoms with van der Waals surface area (Å²) in [6.07, 6.45) is 0. The molecule has 3 N–H and O–H groups in total. The van der Waals surface area contributed by atoms with E-state index in [4.69, 9.17) is 10.8 Å². The van der Waals surface area contributed by atoms with Crippen molar-refractivity contribution in [3.05, 3.63) is 0 Å². The van der Waals surface area contributed by atoms with E-state index in [1.165, 1.54) is 0 Å². The van der Waals surface area contributed by atoms with Crippen LogP contribution in [0.5, 0.6) is 0 Å². The Kier molecular flexibility index (Phi) is 2.15. The van der Waals surface area contributed by atoms with Gasteiger partial charge in [-0.15, -0.1) is 0 Å². The summed E-state index contributed by atoms with van der Waals surface area (Å²) in [6.45, 7) is 3.44. The van der Waals surface area contributed by atoms with Crippen LogP contribution in [-0.2, 0) is 4.79 Å². The Morgan fingerprint density at radius 3 is 2.64 bits per heavy atom. The van der Waals surface area contributed by atoms with Gasteiger partial charge in [0.05, 0.1) is 13.2 Å². The highest BCUT2D eigenvalue weighted by Crippen LogP contribution is 2.28. The minimum atomic E-state index is -0.0785. The molecule has 4 nitrogen and oxygen atoms in total. The highest BCUT2D eigenvalue weighted by atomic mass is 16.3. The van der Waals surface area contributed by atoms with Gasteiger partial charge in [0, 0.05) is 18.5 Å². The first-order valence-corrected chi connectivity index (χ1v) is 3.70. The normalized spacial score (nSPS) is 21.2. The first-order valence-electron chi connectivity index (χ1n) is 3.70. The van der Waals surface area contributed by atoms with Crippen LogP contribution in [0, 0.1) is 5.41 Å². The van der Waals surface area contributed by atoms with Crippen LogP contribution in [-0.4, -0.2) is 42.2 Å². The topological polar surface area (TPSA) is 66.6 Å². The smallest absolute Gasteiger partial charge is 0.236 e. The molecule has 1 amide bonds. The third-order valence-corrected chi connectivity index (χ3v) is 2.05. The van der Waals surface area contributed by atoms with Gasteiger partial charge in [-0.05, 0) is 0 Å². The van der Waals surface area contributed by atoms with Crippen molar-refractivity contribution in [1.29, 1.82) is 0 Å². The number of nitrogens with two attached hydrogens (primary N) is 1. The van der Waals surface area contributed by atoms with Gasteiger partial charge in [0.15, 0.2) is 0 Å². The molecule has 1 heterocycles. The van der Waals surface area contributed by atoms with Crippen LogP contribution in [0.2, 0.25) is 0 Å². The Labute approximate surface area is 66.0 Å². The quantitative estimate of drug-likeness (QED) is 0.529. The molecular formula is C7H14N2O2. The number of likely N-dealkylation sites (tertiary alicyclic amines) is 1. The van der Waals surface area contributed by atoms with Crippen LogP contribution in [0.25, 0.3) is 0 Å². The van der Waals surface area contributed by atoms with Crippen LogP contribution in [0.15, 0.2) is 0 Å². The van der Waals surface area contributed by atoms with E-state index in [-0.39, 0.29) is 24.5 Å². The molecule has 64 valence electrons. The SMILES string of the molecule is CC1(CO)CN(C(=O)CN)C1. The van der Waals surface area contributed by atoms with E-state index in [0.29, 0.717) is 13.1 Å². The second-order valence-electron chi connectivity index (χ2n) is 3.42. The number of aliphatic hydroxyl groups is 1. The molecule has 0 aromatic heterocycles. The molecule has 1 rings (SSSR count). The number of nitrogens with zero attached hydrogens (tertiary/aromatic N) is 1. The lowest BCUT2D eigenvalue weighted by atomic mass is 9.83. The zero-order valence-electron chi connectivity index (χ0n) is 6.71. The zero-order chi connectivity index (χ0) is 8.48. The van der Waals surface area contributed by atoms with Gasteiger partial charge < -0.3 is 15.7 Å². The molecule has 0 saturated carbocycles. The predicted molar refractivity (Wildman–Crippen MR) is 40.8 cm³/mol. The summed E-state index contributed by atoms with van der Waals surface area (Å²) in [5.74, 6) is -0.0316. The monoisotopic (exact) mass is 158 g/mol. The second-order valence-corrected chi connectivity index (χ2v) is 3.42. The van der Waals surface area contributed by atoms with Crippen molar-refractivity contribution in [2.24, 2.45) is 11.1 Å². The average Bonchev–Trinajstić information content (AvgIpc) is 1.97. The molecule has 1 aliphatic heterocycles. The fraction of sp³-hybridized carbons (Fsp3) is 0.857. The van der Waals surface area contributed by atoms with Crippen molar-refractivity contribution >= 4 is 5.91 Å². The molecule has 1 saturated heterocycles. The fourth-order valence-electron chi connectivity index (χ4n) is 1.28. The first kappa shape index (κ1) is 8.49. The molecule has 0 atom stereocenters. The van der Waals surface area contributed by atoms with E-state index < -0.39 is 0 Å². The molecule has 0 unspecified atom stereocenters. The molecule has 0 aromatic carbocycles. The van der Waals surface area contributed by atoms with Crippen molar-refractivity contribution in [3.63, 3.8) is 0 Å². The van der Waals surface area contributed by atoms with Crippen LogP contribution >= 0.6 is 0 Å². The van der Waals surface area contributed by atoms with E-state index in [9.17, 15) is 4.79 Å². The van der Waals surface area contributed by atoms with E-state index in [1.54, 1.807) is 4.90 Å². The number of hydrogen-bond acceptors (Lipinski definition) is 3. The molecule has 0 bridgehead atoms.